The fourth-order valence-corrected chi connectivity index (χ4v) is 5.65. The lowest BCUT2D eigenvalue weighted by Gasteiger charge is -2.27. The van der Waals surface area contributed by atoms with Crippen LogP contribution < -0.4 is 20.9 Å². The molecular weight excluding hydrogens is 653 g/mol. The van der Waals surface area contributed by atoms with E-state index in [1.807, 2.05) is 0 Å². The summed E-state index contributed by atoms with van der Waals surface area (Å²) in [5.41, 5.74) is 6.73. The van der Waals surface area contributed by atoms with Crippen LogP contribution in [0.2, 0.25) is 4.34 Å². The molecule has 244 valence electrons. The smallest absolute Gasteiger partial charge is 0.414 e. The van der Waals surface area contributed by atoms with E-state index in [1.165, 1.54) is 11.0 Å². The Kier molecular flexibility index (Phi) is 13.1. The highest BCUT2D eigenvalue weighted by Crippen LogP contribution is 2.27. The third-order valence-electron chi connectivity index (χ3n) is 6.90. The number of nitrogens with two attached hydrogens (primary N) is 1. The molecule has 4 rings (SSSR count). The van der Waals surface area contributed by atoms with Gasteiger partial charge in [-0.3, -0.25) is 33.8 Å². The van der Waals surface area contributed by atoms with Crippen molar-refractivity contribution in [3.8, 4) is 0 Å². The van der Waals surface area contributed by atoms with Crippen LogP contribution in [0.4, 0.5) is 16.2 Å². The van der Waals surface area contributed by atoms with Crippen LogP contribution in [0.1, 0.15) is 35.4 Å². The predicted octanol–water partition coefficient (Wildman–Crippen LogP) is 2.27. The van der Waals surface area contributed by atoms with Crippen LogP contribution in [0.15, 0.2) is 36.4 Å². The molecule has 0 bridgehead atoms. The number of hydrogen-bond donors (Lipinski definition) is 3. The number of thiophene rings is 1. The minimum atomic E-state index is -1.19. The fraction of sp³-hybridized carbons (Fsp3) is 0.429. The minimum Gasteiger partial charge on any atom is -0.481 e. The number of amides is 5. The molecule has 14 nitrogen and oxygen atoms in total. The van der Waals surface area contributed by atoms with Crippen LogP contribution in [-0.4, -0.2) is 97.2 Å². The van der Waals surface area contributed by atoms with Crippen molar-refractivity contribution < 1.29 is 43.3 Å². The molecule has 1 aromatic heterocycles. The van der Waals surface area contributed by atoms with E-state index >= 15 is 0 Å². The van der Waals surface area contributed by atoms with Crippen LogP contribution in [0.25, 0.3) is 0 Å². The average molecular weight is 687 g/mol. The molecule has 1 aromatic carbocycles. The van der Waals surface area contributed by atoms with Crippen molar-refractivity contribution in [2.75, 3.05) is 49.2 Å². The summed E-state index contributed by atoms with van der Waals surface area (Å²) in [7, 11) is 0. The third kappa shape index (κ3) is 9.61. The van der Waals surface area contributed by atoms with E-state index in [9.17, 15) is 28.8 Å². The van der Waals surface area contributed by atoms with Gasteiger partial charge in [-0.25, -0.2) is 4.79 Å². The number of benzene rings is 1. The molecule has 5 amide bonds. The number of halogens is 2. The van der Waals surface area contributed by atoms with Gasteiger partial charge in [0, 0.05) is 30.9 Å². The summed E-state index contributed by atoms with van der Waals surface area (Å²) in [4.78, 5) is 78.3. The molecule has 0 saturated carbocycles. The molecule has 45 heavy (non-hydrogen) atoms. The molecular formula is C28H33Cl2N5O9S. The van der Waals surface area contributed by atoms with E-state index in [1.54, 1.807) is 35.2 Å². The van der Waals surface area contributed by atoms with Crippen molar-refractivity contribution in [1.82, 2.24) is 10.2 Å². The monoisotopic (exact) mass is 685 g/mol. The van der Waals surface area contributed by atoms with Crippen molar-refractivity contribution >= 4 is 82.4 Å². The first kappa shape index (κ1) is 35.7. The maximum Gasteiger partial charge on any atom is 0.414 e. The number of carbonyl (C=O) groups is 6. The Morgan fingerprint density at radius 3 is 2.40 bits per heavy atom. The molecule has 2 aromatic rings. The summed E-state index contributed by atoms with van der Waals surface area (Å²) in [6.07, 6.45) is -1.28. The molecule has 2 aliphatic rings. The molecule has 4 N–H and O–H groups in total. The highest BCUT2D eigenvalue weighted by Gasteiger charge is 2.36. The maximum absolute atomic E-state index is 13.3. The van der Waals surface area contributed by atoms with E-state index in [-0.39, 0.29) is 55.9 Å². The van der Waals surface area contributed by atoms with E-state index in [4.69, 9.17) is 31.9 Å². The Morgan fingerprint density at radius 1 is 1.09 bits per heavy atom. The summed E-state index contributed by atoms with van der Waals surface area (Å²) in [5.74, 6) is -3.03. The zero-order valence-corrected chi connectivity index (χ0v) is 26.4. The van der Waals surface area contributed by atoms with Crippen LogP contribution in [0, 0.1) is 0 Å². The number of hydrogen-bond acceptors (Lipinski definition) is 10. The van der Waals surface area contributed by atoms with Gasteiger partial charge in [0.25, 0.3) is 11.8 Å². The number of anilines is 2. The number of unbranched alkanes of at least 4 members (excludes halogenated alkanes) is 1. The first-order valence-corrected chi connectivity index (χ1v) is 15.0. The number of rotatable bonds is 13. The van der Waals surface area contributed by atoms with Gasteiger partial charge in [0.1, 0.15) is 12.7 Å². The Balaban J connectivity index is 0.00000552. The summed E-state index contributed by atoms with van der Waals surface area (Å²) < 4.78 is 11.1. The Labute approximate surface area is 273 Å². The van der Waals surface area contributed by atoms with E-state index in [2.05, 4.69) is 5.32 Å². The molecule has 0 aliphatic carbocycles. The van der Waals surface area contributed by atoms with Crippen molar-refractivity contribution in [2.24, 2.45) is 5.73 Å². The molecule has 2 aliphatic heterocycles. The number of carbonyl (C=O) groups excluding carboxylic acids is 5. The Bertz CT molecular complexity index is 1410. The number of nitrogens with one attached hydrogen (secondary N) is 1. The lowest BCUT2D eigenvalue weighted by molar-refractivity contribution is -0.139. The van der Waals surface area contributed by atoms with Crippen molar-refractivity contribution in [1.29, 1.82) is 0 Å². The maximum atomic E-state index is 13.3. The van der Waals surface area contributed by atoms with E-state index < -0.39 is 48.4 Å². The number of aliphatic carboxylic acids is 1. The van der Waals surface area contributed by atoms with Crippen molar-refractivity contribution in [3.63, 3.8) is 0 Å². The number of carboxylic acid groups (broad SMARTS) is 1. The first-order chi connectivity index (χ1) is 21.0. The molecule has 3 heterocycles. The lowest BCUT2D eigenvalue weighted by Crippen LogP contribution is -2.43. The highest BCUT2D eigenvalue weighted by atomic mass is 35.5. The van der Waals surface area contributed by atoms with Crippen LogP contribution in [0.3, 0.4) is 0 Å². The summed E-state index contributed by atoms with van der Waals surface area (Å²) in [5, 5.41) is 11.3. The van der Waals surface area contributed by atoms with Gasteiger partial charge >= 0.3 is 12.1 Å². The highest BCUT2D eigenvalue weighted by molar-refractivity contribution is 7.18. The molecule has 0 radical (unpaired) electrons. The summed E-state index contributed by atoms with van der Waals surface area (Å²) in [6, 6.07) is 8.71. The second-order valence-corrected chi connectivity index (χ2v) is 11.8. The number of carboxylic acids is 1. The van der Waals surface area contributed by atoms with Gasteiger partial charge < -0.3 is 30.5 Å². The fourth-order valence-electron chi connectivity index (χ4n) is 4.65. The number of cyclic esters (lactones) is 1. The van der Waals surface area contributed by atoms with E-state index in [0.717, 1.165) is 16.2 Å². The SMILES string of the molecule is Cl.N[C@@H](CC(=O)O)C(=O)NCCCCC(=O)N(C[C@H]1CN(c2ccc(N3CCOCC3=O)cc2)C(=O)O1)C(=O)c1ccc(Cl)s1. The predicted molar refractivity (Wildman–Crippen MR) is 167 cm³/mol. The number of imide groups is 1. The second kappa shape index (κ2) is 16.5. The molecule has 2 fully saturated rings. The number of ether oxygens (including phenoxy) is 2. The molecule has 17 heteroatoms. The molecule has 2 saturated heterocycles. The normalized spacial score (nSPS) is 16.9. The molecule has 0 unspecified atom stereocenters. The standard InChI is InChI=1S/C28H32ClN5O9S.ClH/c29-22-9-8-21(44-22)27(40)34(23(35)3-1-2-10-31-26(39)20(30)13-25(37)38)15-19-14-33(28(41)43-19)18-6-4-17(5-7-18)32-11-12-42-16-24(32)36;/h4-9,19-20H,1-3,10-16,30H2,(H,31,39)(H,37,38);1H/t19-,20+;/m1./s1. The van der Waals surface area contributed by atoms with Gasteiger partial charge in [0.15, 0.2) is 0 Å². The average Bonchev–Trinajstić information content (AvgIpc) is 3.60. The summed E-state index contributed by atoms with van der Waals surface area (Å²) >= 11 is 7.03. The van der Waals surface area contributed by atoms with Crippen LogP contribution in [0.5, 0.6) is 0 Å². The van der Waals surface area contributed by atoms with Gasteiger partial charge in [0.05, 0.1) is 41.4 Å². The van der Waals surface area contributed by atoms with Gasteiger partial charge in [0.2, 0.25) is 11.8 Å². The van der Waals surface area contributed by atoms with Gasteiger partial charge in [-0.15, -0.1) is 23.7 Å². The quantitative estimate of drug-likeness (QED) is 0.264. The van der Waals surface area contributed by atoms with Gasteiger partial charge in [-0.2, -0.15) is 0 Å². The van der Waals surface area contributed by atoms with E-state index in [0.29, 0.717) is 41.7 Å². The number of morpholine rings is 1. The van der Waals surface area contributed by atoms with Crippen molar-refractivity contribution in [2.45, 2.75) is 37.8 Å². The van der Waals surface area contributed by atoms with Crippen LogP contribution in [-0.2, 0) is 28.7 Å². The zero-order chi connectivity index (χ0) is 31.8. The van der Waals surface area contributed by atoms with Gasteiger partial charge in [-0.05, 0) is 49.2 Å². The summed E-state index contributed by atoms with van der Waals surface area (Å²) in [6.45, 7) is 0.930. The molecule has 2 atom stereocenters. The first-order valence-electron chi connectivity index (χ1n) is 13.8. The number of nitrogens with zero attached hydrogens (tertiary/aromatic N) is 3. The van der Waals surface area contributed by atoms with Crippen molar-refractivity contribution in [3.05, 3.63) is 45.6 Å². The minimum absolute atomic E-state index is 0. The molecule has 0 spiro atoms. The zero-order valence-electron chi connectivity index (χ0n) is 24.0. The third-order valence-corrected chi connectivity index (χ3v) is 8.12. The Morgan fingerprint density at radius 2 is 1.78 bits per heavy atom. The van der Waals surface area contributed by atoms with Crippen LogP contribution >= 0.6 is 35.3 Å². The topological polar surface area (TPSA) is 189 Å². The van der Waals surface area contributed by atoms with Gasteiger partial charge in [-0.1, -0.05) is 11.6 Å². The Hall–Kier alpha value is -3.76. The largest absolute Gasteiger partial charge is 0.481 e. The lowest BCUT2D eigenvalue weighted by atomic mass is 10.1. The second-order valence-electron chi connectivity index (χ2n) is 10.1.